The predicted molar refractivity (Wildman–Crippen MR) is 64.4 cm³/mol. The number of ether oxygens (including phenoxy) is 1. The van der Waals surface area contributed by atoms with Gasteiger partial charge in [0.1, 0.15) is 0 Å². The second kappa shape index (κ2) is 5.32. The van der Waals surface area contributed by atoms with E-state index in [0.717, 1.165) is 0 Å². The monoisotopic (exact) mass is 252 g/mol. The highest BCUT2D eigenvalue weighted by atomic mass is 16.5. The van der Waals surface area contributed by atoms with E-state index in [2.05, 4.69) is 4.98 Å². The molecule has 1 amide bonds. The third-order valence-electron chi connectivity index (χ3n) is 2.99. The molecule has 2 atom stereocenters. The summed E-state index contributed by atoms with van der Waals surface area (Å²) in [5.74, 6) is -0.213. The molecule has 18 heavy (non-hydrogen) atoms. The van der Waals surface area contributed by atoms with Gasteiger partial charge in [-0.3, -0.25) is 9.59 Å². The number of pyridine rings is 1. The largest absolute Gasteiger partial charge is 0.394 e. The standard InChI is InChI=1S/C12H16N2O4/c1-8-7-18-10(6-15)5-14(8)12(17)9-2-3-13-11(16)4-9/h2-4,8,10,15H,5-7H2,1H3,(H,13,16). The Balaban J connectivity index is 2.19. The van der Waals surface area contributed by atoms with Gasteiger partial charge in [-0.1, -0.05) is 0 Å². The number of hydrogen-bond donors (Lipinski definition) is 2. The van der Waals surface area contributed by atoms with E-state index in [1.165, 1.54) is 12.3 Å². The lowest BCUT2D eigenvalue weighted by molar-refractivity contribution is -0.0667. The third kappa shape index (κ3) is 2.60. The first-order chi connectivity index (χ1) is 8.61. The second-order valence-corrected chi connectivity index (χ2v) is 4.39. The number of aliphatic hydroxyl groups excluding tert-OH is 1. The van der Waals surface area contributed by atoms with Crippen LogP contribution in [0.3, 0.4) is 0 Å². The van der Waals surface area contributed by atoms with Crippen molar-refractivity contribution in [1.82, 2.24) is 9.88 Å². The van der Waals surface area contributed by atoms with Crippen LogP contribution < -0.4 is 5.56 Å². The minimum atomic E-state index is -0.354. The van der Waals surface area contributed by atoms with E-state index in [9.17, 15) is 9.59 Å². The Kier molecular flexibility index (Phi) is 3.78. The number of carbonyl (C=O) groups is 1. The molecule has 1 aliphatic rings. The molecule has 2 unspecified atom stereocenters. The number of aromatic amines is 1. The van der Waals surface area contributed by atoms with Crippen LogP contribution in [0.25, 0.3) is 0 Å². The van der Waals surface area contributed by atoms with Crippen LogP contribution in [0.1, 0.15) is 17.3 Å². The first-order valence-electron chi connectivity index (χ1n) is 5.84. The Morgan fingerprint density at radius 3 is 3.11 bits per heavy atom. The van der Waals surface area contributed by atoms with Gasteiger partial charge in [0.25, 0.3) is 5.91 Å². The number of nitrogens with zero attached hydrogens (tertiary/aromatic N) is 1. The fourth-order valence-electron chi connectivity index (χ4n) is 1.95. The van der Waals surface area contributed by atoms with E-state index >= 15 is 0 Å². The molecule has 6 nitrogen and oxygen atoms in total. The number of hydrogen-bond acceptors (Lipinski definition) is 4. The third-order valence-corrected chi connectivity index (χ3v) is 2.99. The van der Waals surface area contributed by atoms with Crippen LogP contribution in [-0.2, 0) is 4.74 Å². The van der Waals surface area contributed by atoms with Crippen molar-refractivity contribution in [1.29, 1.82) is 0 Å². The highest BCUT2D eigenvalue weighted by molar-refractivity contribution is 5.94. The molecule has 1 aromatic rings. The SMILES string of the molecule is CC1COC(CO)CN1C(=O)c1cc[nH]c(=O)c1. The quantitative estimate of drug-likeness (QED) is 0.750. The number of morpholine rings is 1. The summed E-state index contributed by atoms with van der Waals surface area (Å²) in [4.78, 5) is 27.5. The molecule has 0 spiro atoms. The topological polar surface area (TPSA) is 82.6 Å². The van der Waals surface area contributed by atoms with Gasteiger partial charge in [0, 0.05) is 24.4 Å². The van der Waals surface area contributed by atoms with E-state index in [1.807, 2.05) is 6.92 Å². The van der Waals surface area contributed by atoms with Gasteiger partial charge in [-0.15, -0.1) is 0 Å². The maximum absolute atomic E-state index is 12.3. The molecule has 1 fully saturated rings. The molecule has 0 aliphatic carbocycles. The number of H-pyrrole nitrogens is 1. The predicted octanol–water partition coefficient (Wildman–Crippen LogP) is -0.403. The van der Waals surface area contributed by atoms with Gasteiger partial charge in [0.05, 0.1) is 25.4 Å². The summed E-state index contributed by atoms with van der Waals surface area (Å²) in [6.45, 7) is 2.48. The Labute approximate surface area is 104 Å². The van der Waals surface area contributed by atoms with E-state index < -0.39 is 0 Å². The maximum atomic E-state index is 12.3. The van der Waals surface area contributed by atoms with Gasteiger partial charge >= 0.3 is 0 Å². The average molecular weight is 252 g/mol. The van der Waals surface area contributed by atoms with E-state index in [0.29, 0.717) is 18.7 Å². The number of aliphatic hydroxyl groups is 1. The number of amides is 1. The van der Waals surface area contributed by atoms with Crippen molar-refractivity contribution in [3.05, 3.63) is 34.2 Å². The Bertz CT molecular complexity index is 485. The molecule has 1 aromatic heterocycles. The van der Waals surface area contributed by atoms with E-state index in [1.54, 1.807) is 11.0 Å². The fourth-order valence-corrected chi connectivity index (χ4v) is 1.95. The van der Waals surface area contributed by atoms with Crippen LogP contribution in [0.15, 0.2) is 23.1 Å². The lowest BCUT2D eigenvalue weighted by Gasteiger charge is -2.37. The van der Waals surface area contributed by atoms with Gasteiger partial charge in [-0.05, 0) is 13.0 Å². The lowest BCUT2D eigenvalue weighted by Crippen LogP contribution is -2.52. The minimum Gasteiger partial charge on any atom is -0.394 e. The highest BCUT2D eigenvalue weighted by Gasteiger charge is 2.29. The normalized spacial score (nSPS) is 24.0. The molecule has 0 aromatic carbocycles. The summed E-state index contributed by atoms with van der Waals surface area (Å²) in [7, 11) is 0. The van der Waals surface area contributed by atoms with Gasteiger partial charge in [-0.25, -0.2) is 0 Å². The lowest BCUT2D eigenvalue weighted by atomic mass is 10.1. The summed E-state index contributed by atoms with van der Waals surface area (Å²) in [5, 5.41) is 9.07. The zero-order valence-corrected chi connectivity index (χ0v) is 10.1. The van der Waals surface area contributed by atoms with Crippen LogP contribution in [0.5, 0.6) is 0 Å². The van der Waals surface area contributed by atoms with Crippen molar-refractivity contribution in [2.75, 3.05) is 19.8 Å². The smallest absolute Gasteiger partial charge is 0.254 e. The molecule has 6 heteroatoms. The van der Waals surface area contributed by atoms with Crippen LogP contribution in [0, 0.1) is 0 Å². The number of carbonyl (C=O) groups excluding carboxylic acids is 1. The Hall–Kier alpha value is -1.66. The summed E-state index contributed by atoms with van der Waals surface area (Å²) >= 11 is 0. The van der Waals surface area contributed by atoms with Crippen molar-refractivity contribution in [2.24, 2.45) is 0 Å². The molecule has 2 heterocycles. The van der Waals surface area contributed by atoms with Crippen molar-refractivity contribution in [2.45, 2.75) is 19.1 Å². The zero-order valence-electron chi connectivity index (χ0n) is 10.1. The Morgan fingerprint density at radius 2 is 2.44 bits per heavy atom. The van der Waals surface area contributed by atoms with E-state index in [-0.39, 0.29) is 30.2 Å². The molecule has 2 N–H and O–H groups in total. The molecular formula is C12H16N2O4. The van der Waals surface area contributed by atoms with Crippen molar-refractivity contribution in [3.8, 4) is 0 Å². The van der Waals surface area contributed by atoms with Gasteiger partial charge in [-0.2, -0.15) is 0 Å². The number of nitrogens with one attached hydrogen (secondary N) is 1. The molecule has 0 radical (unpaired) electrons. The fraction of sp³-hybridized carbons (Fsp3) is 0.500. The van der Waals surface area contributed by atoms with Crippen LogP contribution in [-0.4, -0.2) is 52.8 Å². The van der Waals surface area contributed by atoms with Crippen LogP contribution in [0.2, 0.25) is 0 Å². The maximum Gasteiger partial charge on any atom is 0.254 e. The molecular weight excluding hydrogens is 236 g/mol. The zero-order chi connectivity index (χ0) is 13.1. The molecule has 1 aliphatic heterocycles. The minimum absolute atomic E-state index is 0.0698. The summed E-state index contributed by atoms with van der Waals surface area (Å²) in [6, 6.07) is 2.78. The van der Waals surface area contributed by atoms with Crippen LogP contribution in [0.4, 0.5) is 0 Å². The Morgan fingerprint density at radius 1 is 1.67 bits per heavy atom. The molecule has 98 valence electrons. The number of aromatic nitrogens is 1. The summed E-state index contributed by atoms with van der Waals surface area (Å²) in [6.07, 6.45) is 1.09. The first kappa shape index (κ1) is 12.8. The van der Waals surface area contributed by atoms with Crippen molar-refractivity contribution in [3.63, 3.8) is 0 Å². The van der Waals surface area contributed by atoms with Gasteiger partial charge in [0.15, 0.2) is 0 Å². The van der Waals surface area contributed by atoms with Gasteiger partial charge < -0.3 is 19.7 Å². The van der Waals surface area contributed by atoms with Crippen molar-refractivity contribution < 1.29 is 14.6 Å². The van der Waals surface area contributed by atoms with Gasteiger partial charge in [0.2, 0.25) is 5.56 Å². The molecule has 0 bridgehead atoms. The summed E-state index contributed by atoms with van der Waals surface area (Å²) in [5.41, 5.74) is 0.0460. The molecule has 0 saturated carbocycles. The van der Waals surface area contributed by atoms with Crippen LogP contribution >= 0.6 is 0 Å². The average Bonchev–Trinajstić information content (AvgIpc) is 2.38. The van der Waals surface area contributed by atoms with E-state index in [4.69, 9.17) is 9.84 Å². The highest BCUT2D eigenvalue weighted by Crippen LogP contribution is 2.14. The first-order valence-corrected chi connectivity index (χ1v) is 5.84. The number of rotatable bonds is 2. The molecule has 1 saturated heterocycles. The van der Waals surface area contributed by atoms with Crippen molar-refractivity contribution >= 4 is 5.91 Å². The molecule has 2 rings (SSSR count). The summed E-state index contributed by atoms with van der Waals surface area (Å²) < 4.78 is 5.37. The second-order valence-electron chi connectivity index (χ2n) is 4.39.